The zero-order valence-electron chi connectivity index (χ0n) is 17.4. The van der Waals surface area contributed by atoms with E-state index in [1.54, 1.807) is 29.2 Å². The lowest BCUT2D eigenvalue weighted by atomic mass is 10.1. The molecule has 32 heavy (non-hydrogen) atoms. The molecule has 1 N–H and O–H groups in total. The number of hydrogen-bond donors (Lipinski definition) is 1. The molecule has 1 amide bonds. The molecule has 0 atom stereocenters. The van der Waals surface area contributed by atoms with Crippen LogP contribution in [0.4, 0.5) is 4.39 Å². The van der Waals surface area contributed by atoms with E-state index in [4.69, 9.17) is 0 Å². The Kier molecular flexibility index (Phi) is 5.47. The summed E-state index contributed by atoms with van der Waals surface area (Å²) >= 11 is 0. The van der Waals surface area contributed by atoms with Gasteiger partial charge in [-0.3, -0.25) is 9.69 Å². The second-order valence-corrected chi connectivity index (χ2v) is 7.84. The van der Waals surface area contributed by atoms with Crippen LogP contribution in [0.3, 0.4) is 0 Å². The summed E-state index contributed by atoms with van der Waals surface area (Å²) in [6.07, 6.45) is 3.34. The third-order valence-electron chi connectivity index (χ3n) is 5.56. The molecule has 0 spiro atoms. The summed E-state index contributed by atoms with van der Waals surface area (Å²) in [6, 6.07) is 20.2. The van der Waals surface area contributed by atoms with Gasteiger partial charge in [-0.05, 0) is 29.3 Å². The fourth-order valence-electron chi connectivity index (χ4n) is 3.98. The van der Waals surface area contributed by atoms with Gasteiger partial charge in [-0.15, -0.1) is 0 Å². The Bertz CT molecular complexity index is 1240. The number of hydrogen-bond acceptors (Lipinski definition) is 4. The summed E-state index contributed by atoms with van der Waals surface area (Å²) in [5.74, 6) is 0.303. The average molecular weight is 427 g/mol. The first-order chi connectivity index (χ1) is 15.7. The van der Waals surface area contributed by atoms with Crippen LogP contribution in [0.1, 0.15) is 32.7 Å². The third-order valence-corrected chi connectivity index (χ3v) is 5.56. The molecule has 0 saturated carbocycles. The van der Waals surface area contributed by atoms with Crippen LogP contribution in [0.2, 0.25) is 0 Å². The molecule has 1 aliphatic rings. The SMILES string of the molecule is O=C(NCc1ccccc1)c1cnn2c1CN(Cc1ccc(F)cc1)Cc1cccnc1-2. The maximum absolute atomic E-state index is 13.3. The molecular formula is C25H22FN5O. The van der Waals surface area contributed by atoms with Crippen LogP contribution >= 0.6 is 0 Å². The molecule has 0 unspecified atom stereocenters. The normalized spacial score (nSPS) is 13.2. The number of nitrogens with one attached hydrogen (secondary N) is 1. The number of aromatic nitrogens is 3. The van der Waals surface area contributed by atoms with Gasteiger partial charge in [-0.2, -0.15) is 5.10 Å². The molecule has 3 heterocycles. The van der Waals surface area contributed by atoms with E-state index in [1.807, 2.05) is 42.5 Å². The van der Waals surface area contributed by atoms with E-state index in [9.17, 15) is 9.18 Å². The van der Waals surface area contributed by atoms with Crippen LogP contribution in [0.5, 0.6) is 0 Å². The molecule has 7 heteroatoms. The Morgan fingerprint density at radius 1 is 0.969 bits per heavy atom. The Labute approximate surface area is 185 Å². The first-order valence-electron chi connectivity index (χ1n) is 10.5. The van der Waals surface area contributed by atoms with Gasteiger partial charge in [0.1, 0.15) is 5.82 Å². The van der Waals surface area contributed by atoms with Crippen LogP contribution < -0.4 is 5.32 Å². The van der Waals surface area contributed by atoms with Gasteiger partial charge in [0, 0.05) is 37.9 Å². The maximum atomic E-state index is 13.3. The number of fused-ring (bicyclic) bond motifs is 3. The fourth-order valence-corrected chi connectivity index (χ4v) is 3.98. The van der Waals surface area contributed by atoms with Gasteiger partial charge in [0.2, 0.25) is 0 Å². The van der Waals surface area contributed by atoms with Crippen molar-refractivity contribution in [3.8, 4) is 5.82 Å². The summed E-state index contributed by atoms with van der Waals surface area (Å²) in [7, 11) is 0. The molecule has 0 radical (unpaired) electrons. The zero-order chi connectivity index (χ0) is 21.9. The monoisotopic (exact) mass is 427 g/mol. The lowest BCUT2D eigenvalue weighted by molar-refractivity contribution is 0.0948. The predicted octanol–water partition coefficient (Wildman–Crippen LogP) is 3.85. The maximum Gasteiger partial charge on any atom is 0.255 e. The summed E-state index contributed by atoms with van der Waals surface area (Å²) in [5, 5.41) is 7.50. The second kappa shape index (κ2) is 8.72. The third kappa shape index (κ3) is 4.15. The number of rotatable bonds is 5. The van der Waals surface area contributed by atoms with Crippen LogP contribution in [0, 0.1) is 5.82 Å². The Balaban J connectivity index is 1.44. The molecule has 6 nitrogen and oxygen atoms in total. The van der Waals surface area contributed by atoms with E-state index < -0.39 is 0 Å². The first-order valence-corrected chi connectivity index (χ1v) is 10.5. The van der Waals surface area contributed by atoms with Crippen molar-refractivity contribution in [3.63, 3.8) is 0 Å². The van der Waals surface area contributed by atoms with Crippen molar-refractivity contribution in [3.05, 3.63) is 113 Å². The molecule has 5 rings (SSSR count). The van der Waals surface area contributed by atoms with Gasteiger partial charge in [0.25, 0.3) is 5.91 Å². The van der Waals surface area contributed by atoms with E-state index >= 15 is 0 Å². The van der Waals surface area contributed by atoms with E-state index in [-0.39, 0.29) is 11.7 Å². The molecular weight excluding hydrogens is 405 g/mol. The zero-order valence-corrected chi connectivity index (χ0v) is 17.4. The van der Waals surface area contributed by atoms with E-state index in [1.165, 1.54) is 12.1 Å². The molecule has 0 saturated heterocycles. The predicted molar refractivity (Wildman–Crippen MR) is 118 cm³/mol. The lowest BCUT2D eigenvalue weighted by Crippen LogP contribution is -2.26. The van der Waals surface area contributed by atoms with E-state index in [0.717, 1.165) is 28.2 Å². The van der Waals surface area contributed by atoms with Gasteiger partial charge in [0.05, 0.1) is 17.5 Å². The lowest BCUT2D eigenvalue weighted by Gasteiger charge is -2.20. The van der Waals surface area contributed by atoms with Crippen LogP contribution in [0.15, 0.2) is 79.1 Å². The first kappa shape index (κ1) is 20.1. The minimum absolute atomic E-state index is 0.170. The quantitative estimate of drug-likeness (QED) is 0.526. The molecule has 0 fully saturated rings. The molecule has 1 aliphatic heterocycles. The highest BCUT2D eigenvalue weighted by Gasteiger charge is 2.26. The number of carbonyl (C=O) groups is 1. The second-order valence-electron chi connectivity index (χ2n) is 7.84. The van der Waals surface area contributed by atoms with Gasteiger partial charge in [-0.25, -0.2) is 14.1 Å². The van der Waals surface area contributed by atoms with Crippen LogP contribution in [0.25, 0.3) is 5.82 Å². The van der Waals surface area contributed by atoms with Crippen molar-refractivity contribution < 1.29 is 9.18 Å². The summed E-state index contributed by atoms with van der Waals surface area (Å²) in [4.78, 5) is 19.8. The minimum atomic E-state index is -0.255. The minimum Gasteiger partial charge on any atom is -0.348 e. The number of benzene rings is 2. The number of nitrogens with zero attached hydrogens (tertiary/aromatic N) is 4. The molecule has 2 aromatic carbocycles. The molecule has 2 aromatic heterocycles. The van der Waals surface area contributed by atoms with Gasteiger partial charge < -0.3 is 5.32 Å². The Morgan fingerprint density at radius 2 is 1.78 bits per heavy atom. The van der Waals surface area contributed by atoms with Gasteiger partial charge in [0.15, 0.2) is 5.82 Å². The number of amides is 1. The van der Waals surface area contributed by atoms with Crippen molar-refractivity contribution in [2.24, 2.45) is 0 Å². The number of pyridine rings is 1. The fraction of sp³-hybridized carbons (Fsp3) is 0.160. The highest BCUT2D eigenvalue weighted by molar-refractivity contribution is 5.95. The van der Waals surface area contributed by atoms with Crippen molar-refractivity contribution in [1.82, 2.24) is 25.0 Å². The molecule has 0 bridgehead atoms. The molecule has 0 aliphatic carbocycles. The molecule has 160 valence electrons. The topological polar surface area (TPSA) is 63.1 Å². The summed E-state index contributed by atoms with van der Waals surface area (Å²) < 4.78 is 15.1. The summed E-state index contributed by atoms with van der Waals surface area (Å²) in [5.41, 5.74) is 4.37. The number of halogens is 1. The number of carbonyl (C=O) groups excluding carboxylic acids is 1. The highest BCUT2D eigenvalue weighted by atomic mass is 19.1. The van der Waals surface area contributed by atoms with Crippen LogP contribution in [-0.2, 0) is 26.2 Å². The van der Waals surface area contributed by atoms with Crippen molar-refractivity contribution >= 4 is 5.91 Å². The average Bonchev–Trinajstić information content (AvgIpc) is 3.16. The van der Waals surface area contributed by atoms with Gasteiger partial charge in [-0.1, -0.05) is 48.5 Å². The largest absolute Gasteiger partial charge is 0.348 e. The van der Waals surface area contributed by atoms with Gasteiger partial charge >= 0.3 is 0 Å². The van der Waals surface area contributed by atoms with Crippen molar-refractivity contribution in [1.29, 1.82) is 0 Å². The highest BCUT2D eigenvalue weighted by Crippen LogP contribution is 2.25. The molecule has 4 aromatic rings. The standard InChI is InChI=1S/C25H22FN5O/c26-21-10-8-19(9-11-21)15-30-16-20-7-4-12-27-24(20)31-23(17-30)22(14-29-31)25(32)28-13-18-5-2-1-3-6-18/h1-12,14H,13,15-17H2,(H,28,32). The van der Waals surface area contributed by atoms with E-state index in [2.05, 4.69) is 20.3 Å². The Hall–Kier alpha value is -3.84. The smallest absolute Gasteiger partial charge is 0.255 e. The Morgan fingerprint density at radius 3 is 2.59 bits per heavy atom. The van der Waals surface area contributed by atoms with E-state index in [0.29, 0.717) is 31.7 Å². The van der Waals surface area contributed by atoms with Crippen LogP contribution in [-0.4, -0.2) is 25.6 Å². The summed E-state index contributed by atoms with van der Waals surface area (Å²) in [6.45, 7) is 2.22. The van der Waals surface area contributed by atoms with Crippen molar-refractivity contribution in [2.75, 3.05) is 0 Å². The van der Waals surface area contributed by atoms with Crippen molar-refractivity contribution in [2.45, 2.75) is 26.2 Å².